The van der Waals surface area contributed by atoms with Gasteiger partial charge in [-0.05, 0) is 42.3 Å². The molecule has 0 aromatic heterocycles. The van der Waals surface area contributed by atoms with Gasteiger partial charge in [-0.25, -0.2) is 0 Å². The third kappa shape index (κ3) is 3.12. The molecule has 0 fully saturated rings. The highest BCUT2D eigenvalue weighted by Gasteiger charge is 2.16. The van der Waals surface area contributed by atoms with E-state index < -0.39 is 6.10 Å². The summed E-state index contributed by atoms with van der Waals surface area (Å²) in [7, 11) is 0. The van der Waals surface area contributed by atoms with E-state index in [9.17, 15) is 9.90 Å². The molecule has 2 aromatic carbocycles. The maximum atomic E-state index is 12.0. The van der Waals surface area contributed by atoms with Gasteiger partial charge >= 0.3 is 0 Å². The summed E-state index contributed by atoms with van der Waals surface area (Å²) in [6, 6.07) is 13.0. The van der Waals surface area contributed by atoms with Crippen LogP contribution in [0.5, 0.6) is 5.75 Å². The van der Waals surface area contributed by atoms with Crippen LogP contribution in [-0.2, 0) is 6.42 Å². The first-order valence-corrected chi connectivity index (χ1v) is 7.42. The molecule has 114 valence electrons. The van der Waals surface area contributed by atoms with Gasteiger partial charge in [-0.3, -0.25) is 4.79 Å². The van der Waals surface area contributed by atoms with E-state index in [1.54, 1.807) is 12.1 Å². The molecule has 1 amide bonds. The average Bonchev–Trinajstić information content (AvgIpc) is 3.00. The van der Waals surface area contributed by atoms with Gasteiger partial charge < -0.3 is 15.2 Å². The zero-order chi connectivity index (χ0) is 15.5. The van der Waals surface area contributed by atoms with E-state index >= 15 is 0 Å². The van der Waals surface area contributed by atoms with Crippen molar-refractivity contribution in [3.63, 3.8) is 0 Å². The van der Waals surface area contributed by atoms with Crippen molar-refractivity contribution < 1.29 is 14.6 Å². The van der Waals surface area contributed by atoms with Gasteiger partial charge in [-0.1, -0.05) is 23.8 Å². The van der Waals surface area contributed by atoms with E-state index in [0.29, 0.717) is 12.2 Å². The van der Waals surface area contributed by atoms with Gasteiger partial charge in [0.15, 0.2) is 0 Å². The molecule has 1 heterocycles. The molecule has 4 nitrogen and oxygen atoms in total. The lowest BCUT2D eigenvalue weighted by atomic mass is 10.0. The summed E-state index contributed by atoms with van der Waals surface area (Å²) < 4.78 is 5.45. The standard InChI is InChI=1S/C18H19NO3/c1-12-2-4-13(5-3-12)18(21)19-11-16(20)14-6-7-17-15(10-14)8-9-22-17/h2-7,10,16,20H,8-9,11H2,1H3,(H,19,21). The number of amides is 1. The van der Waals surface area contributed by atoms with Crippen molar-refractivity contribution in [2.24, 2.45) is 0 Å². The maximum Gasteiger partial charge on any atom is 0.251 e. The van der Waals surface area contributed by atoms with E-state index in [2.05, 4.69) is 5.32 Å². The number of aliphatic hydroxyl groups excluding tert-OH is 1. The van der Waals surface area contributed by atoms with E-state index in [1.807, 2.05) is 37.3 Å². The zero-order valence-corrected chi connectivity index (χ0v) is 12.5. The molecule has 1 atom stereocenters. The fourth-order valence-electron chi connectivity index (χ4n) is 2.53. The van der Waals surface area contributed by atoms with Gasteiger partial charge in [0, 0.05) is 18.5 Å². The molecule has 0 spiro atoms. The second kappa shape index (κ2) is 6.20. The van der Waals surface area contributed by atoms with E-state index in [-0.39, 0.29) is 12.5 Å². The molecule has 0 aliphatic carbocycles. The summed E-state index contributed by atoms with van der Waals surface area (Å²) >= 11 is 0. The number of aliphatic hydroxyl groups is 1. The van der Waals surface area contributed by atoms with Gasteiger partial charge in [0.2, 0.25) is 0 Å². The minimum absolute atomic E-state index is 0.177. The molecule has 2 N–H and O–H groups in total. The van der Waals surface area contributed by atoms with Crippen LogP contribution in [0, 0.1) is 6.92 Å². The number of hydrogen-bond acceptors (Lipinski definition) is 3. The van der Waals surface area contributed by atoms with E-state index in [0.717, 1.165) is 28.9 Å². The quantitative estimate of drug-likeness (QED) is 0.911. The van der Waals surface area contributed by atoms with Gasteiger partial charge in [0.1, 0.15) is 5.75 Å². The summed E-state index contributed by atoms with van der Waals surface area (Å²) in [6.45, 7) is 2.86. The third-order valence-electron chi connectivity index (χ3n) is 3.87. The summed E-state index contributed by atoms with van der Waals surface area (Å²) in [5, 5.41) is 13.0. The molecular weight excluding hydrogens is 278 g/mol. The Hall–Kier alpha value is -2.33. The Morgan fingerprint density at radius 2 is 2.05 bits per heavy atom. The van der Waals surface area contributed by atoms with Crippen LogP contribution in [0.4, 0.5) is 0 Å². The first kappa shape index (κ1) is 14.6. The second-order valence-corrected chi connectivity index (χ2v) is 5.56. The van der Waals surface area contributed by atoms with Crippen LogP contribution in [0.25, 0.3) is 0 Å². The van der Waals surface area contributed by atoms with Crippen molar-refractivity contribution in [2.75, 3.05) is 13.2 Å². The van der Waals surface area contributed by atoms with Crippen molar-refractivity contribution in [1.29, 1.82) is 0 Å². The summed E-state index contributed by atoms with van der Waals surface area (Å²) in [5.41, 5.74) is 3.62. The van der Waals surface area contributed by atoms with Crippen LogP contribution in [0.2, 0.25) is 0 Å². The molecule has 4 heteroatoms. The molecule has 1 unspecified atom stereocenters. The molecule has 3 rings (SSSR count). The summed E-state index contributed by atoms with van der Waals surface area (Å²) in [5.74, 6) is 0.711. The second-order valence-electron chi connectivity index (χ2n) is 5.56. The fourth-order valence-corrected chi connectivity index (χ4v) is 2.53. The molecule has 0 saturated carbocycles. The van der Waals surface area contributed by atoms with Crippen LogP contribution in [-0.4, -0.2) is 24.2 Å². The van der Waals surface area contributed by atoms with Crippen LogP contribution in [0.1, 0.15) is 33.2 Å². The van der Waals surface area contributed by atoms with Crippen molar-refractivity contribution in [2.45, 2.75) is 19.4 Å². The summed E-state index contributed by atoms with van der Waals surface area (Å²) in [6.07, 6.45) is 0.145. The molecule has 0 bridgehead atoms. The Balaban J connectivity index is 1.61. The van der Waals surface area contributed by atoms with Gasteiger partial charge in [0.05, 0.1) is 12.7 Å². The van der Waals surface area contributed by atoms with Crippen LogP contribution < -0.4 is 10.1 Å². The number of hydrogen-bond donors (Lipinski definition) is 2. The highest BCUT2D eigenvalue weighted by molar-refractivity contribution is 5.94. The normalized spacial score (nSPS) is 14.1. The molecular formula is C18H19NO3. The molecule has 22 heavy (non-hydrogen) atoms. The molecule has 2 aromatic rings. The third-order valence-corrected chi connectivity index (χ3v) is 3.87. The van der Waals surface area contributed by atoms with Crippen molar-refractivity contribution >= 4 is 5.91 Å². The van der Waals surface area contributed by atoms with Crippen molar-refractivity contribution in [3.8, 4) is 5.75 Å². The van der Waals surface area contributed by atoms with Gasteiger partial charge in [-0.2, -0.15) is 0 Å². The smallest absolute Gasteiger partial charge is 0.251 e. The minimum atomic E-state index is -0.722. The Morgan fingerprint density at radius 3 is 2.82 bits per heavy atom. The fraction of sp³-hybridized carbons (Fsp3) is 0.278. The van der Waals surface area contributed by atoms with E-state index in [4.69, 9.17) is 4.74 Å². The zero-order valence-electron chi connectivity index (χ0n) is 12.5. The number of nitrogens with one attached hydrogen (secondary N) is 1. The Bertz CT molecular complexity index is 679. The van der Waals surface area contributed by atoms with Crippen LogP contribution in [0.3, 0.4) is 0 Å². The van der Waals surface area contributed by atoms with Gasteiger partial charge in [-0.15, -0.1) is 0 Å². The Labute approximate surface area is 129 Å². The number of aryl methyl sites for hydroxylation is 1. The van der Waals surface area contributed by atoms with Crippen LogP contribution >= 0.6 is 0 Å². The monoisotopic (exact) mass is 297 g/mol. The minimum Gasteiger partial charge on any atom is -0.493 e. The summed E-state index contributed by atoms with van der Waals surface area (Å²) in [4.78, 5) is 12.0. The number of benzene rings is 2. The molecule has 1 aliphatic heterocycles. The number of ether oxygens (including phenoxy) is 1. The largest absolute Gasteiger partial charge is 0.493 e. The van der Waals surface area contributed by atoms with Crippen molar-refractivity contribution in [3.05, 3.63) is 64.7 Å². The highest BCUT2D eigenvalue weighted by atomic mass is 16.5. The lowest BCUT2D eigenvalue weighted by Gasteiger charge is -2.13. The molecule has 1 aliphatic rings. The van der Waals surface area contributed by atoms with E-state index in [1.165, 1.54) is 0 Å². The van der Waals surface area contributed by atoms with Crippen molar-refractivity contribution in [1.82, 2.24) is 5.32 Å². The lowest BCUT2D eigenvalue weighted by Crippen LogP contribution is -2.28. The molecule has 0 saturated heterocycles. The number of carbonyl (C=O) groups is 1. The maximum absolute atomic E-state index is 12.0. The first-order valence-electron chi connectivity index (χ1n) is 7.42. The Kier molecular flexibility index (Phi) is 4.11. The number of fused-ring (bicyclic) bond motifs is 1. The predicted octanol–water partition coefficient (Wildman–Crippen LogP) is 2.39. The number of carbonyl (C=O) groups excluding carboxylic acids is 1. The molecule has 0 radical (unpaired) electrons. The number of rotatable bonds is 4. The van der Waals surface area contributed by atoms with Gasteiger partial charge in [0.25, 0.3) is 5.91 Å². The van der Waals surface area contributed by atoms with Crippen LogP contribution in [0.15, 0.2) is 42.5 Å². The Morgan fingerprint density at radius 1 is 1.27 bits per heavy atom. The first-order chi connectivity index (χ1) is 10.6. The lowest BCUT2D eigenvalue weighted by molar-refractivity contribution is 0.0916. The SMILES string of the molecule is Cc1ccc(C(=O)NCC(O)c2ccc3c(c2)CCO3)cc1. The topological polar surface area (TPSA) is 58.6 Å². The highest BCUT2D eigenvalue weighted by Crippen LogP contribution is 2.28. The average molecular weight is 297 g/mol. The predicted molar refractivity (Wildman–Crippen MR) is 84.1 cm³/mol.